The summed E-state index contributed by atoms with van der Waals surface area (Å²) in [5.41, 5.74) is 3.72. The first-order valence-corrected chi connectivity index (χ1v) is 10.2. The molecule has 1 aliphatic carbocycles. The molecule has 6 heteroatoms. The predicted molar refractivity (Wildman–Crippen MR) is 115 cm³/mol. The first-order valence-electron chi connectivity index (χ1n) is 10.2. The Bertz CT molecular complexity index is 1110. The lowest BCUT2D eigenvalue weighted by Gasteiger charge is -2.16. The molecule has 3 aromatic rings. The van der Waals surface area contributed by atoms with Gasteiger partial charge in [0.05, 0.1) is 23.7 Å². The maximum Gasteiger partial charge on any atom is 0.319 e. The number of rotatable bonds is 4. The van der Waals surface area contributed by atoms with Crippen molar-refractivity contribution in [2.24, 2.45) is 0 Å². The van der Waals surface area contributed by atoms with Crippen molar-refractivity contribution in [2.75, 3.05) is 5.32 Å². The molecular formula is C23H26N4O2. The van der Waals surface area contributed by atoms with Crippen molar-refractivity contribution in [1.29, 1.82) is 0 Å². The van der Waals surface area contributed by atoms with Gasteiger partial charge in [0.25, 0.3) is 5.56 Å². The molecule has 0 bridgehead atoms. The molecule has 0 aliphatic heterocycles. The second kappa shape index (κ2) is 8.07. The number of amides is 2. The molecule has 2 aromatic carbocycles. The highest BCUT2D eigenvalue weighted by molar-refractivity contribution is 5.90. The minimum atomic E-state index is -0.294. The quantitative estimate of drug-likeness (QED) is 0.691. The number of benzene rings is 2. The number of nitrogens with one attached hydrogen (secondary N) is 2. The normalized spacial score (nSPS) is 14.3. The van der Waals surface area contributed by atoms with Crippen molar-refractivity contribution in [1.82, 2.24) is 15.1 Å². The molecule has 0 unspecified atom stereocenters. The summed E-state index contributed by atoms with van der Waals surface area (Å²) >= 11 is 0. The fourth-order valence-corrected chi connectivity index (χ4v) is 3.96. The van der Waals surface area contributed by atoms with Crippen LogP contribution in [0.3, 0.4) is 0 Å². The molecule has 6 nitrogen and oxygen atoms in total. The van der Waals surface area contributed by atoms with E-state index in [4.69, 9.17) is 0 Å². The zero-order chi connectivity index (χ0) is 20.4. The van der Waals surface area contributed by atoms with Crippen molar-refractivity contribution >= 4 is 22.5 Å². The van der Waals surface area contributed by atoms with Gasteiger partial charge in [0.2, 0.25) is 0 Å². The number of hydrogen-bond acceptors (Lipinski definition) is 3. The van der Waals surface area contributed by atoms with Gasteiger partial charge in [-0.2, -0.15) is 5.10 Å². The Hall–Kier alpha value is -3.15. The highest BCUT2D eigenvalue weighted by atomic mass is 16.2. The number of nitrogens with zero attached hydrogens (tertiary/aromatic N) is 2. The van der Waals surface area contributed by atoms with Crippen LogP contribution in [-0.4, -0.2) is 15.8 Å². The highest BCUT2D eigenvalue weighted by Crippen LogP contribution is 2.28. The van der Waals surface area contributed by atoms with E-state index in [9.17, 15) is 9.59 Å². The van der Waals surface area contributed by atoms with E-state index in [1.165, 1.54) is 5.56 Å². The van der Waals surface area contributed by atoms with E-state index < -0.39 is 0 Å². The molecule has 4 rings (SSSR count). The number of urea groups is 1. The van der Waals surface area contributed by atoms with E-state index in [2.05, 4.69) is 15.7 Å². The minimum absolute atomic E-state index is 0.0455. The molecule has 0 radical (unpaired) electrons. The third kappa shape index (κ3) is 4.01. The van der Waals surface area contributed by atoms with Gasteiger partial charge in [-0.25, -0.2) is 9.48 Å². The van der Waals surface area contributed by atoms with E-state index in [0.29, 0.717) is 11.1 Å². The smallest absolute Gasteiger partial charge is 0.319 e. The topological polar surface area (TPSA) is 76.0 Å². The van der Waals surface area contributed by atoms with Crippen molar-refractivity contribution in [3.8, 4) is 0 Å². The van der Waals surface area contributed by atoms with Crippen LogP contribution in [0.15, 0.2) is 47.3 Å². The number of fused-ring (bicyclic) bond motifs is 1. The number of carbonyl (C=O) groups is 1. The first kappa shape index (κ1) is 19.2. The molecule has 2 N–H and O–H groups in total. The zero-order valence-corrected chi connectivity index (χ0v) is 16.9. The van der Waals surface area contributed by atoms with Crippen LogP contribution in [0.5, 0.6) is 0 Å². The Morgan fingerprint density at radius 1 is 1.07 bits per heavy atom. The zero-order valence-electron chi connectivity index (χ0n) is 16.9. The summed E-state index contributed by atoms with van der Waals surface area (Å²) < 4.78 is 1.63. The third-order valence-electron chi connectivity index (χ3n) is 5.76. The van der Waals surface area contributed by atoms with Crippen LogP contribution < -0.4 is 16.2 Å². The van der Waals surface area contributed by atoms with E-state index >= 15 is 0 Å². The van der Waals surface area contributed by atoms with Gasteiger partial charge in [-0.15, -0.1) is 0 Å². The van der Waals surface area contributed by atoms with Crippen LogP contribution in [0.25, 0.3) is 10.8 Å². The molecule has 0 spiro atoms. The Morgan fingerprint density at radius 2 is 1.79 bits per heavy atom. The van der Waals surface area contributed by atoms with Crippen LogP contribution in [0.2, 0.25) is 0 Å². The molecule has 29 heavy (non-hydrogen) atoms. The van der Waals surface area contributed by atoms with Gasteiger partial charge in [-0.3, -0.25) is 4.79 Å². The minimum Gasteiger partial charge on any atom is -0.332 e. The molecule has 1 saturated carbocycles. The van der Waals surface area contributed by atoms with Gasteiger partial charge in [0, 0.05) is 11.1 Å². The Labute approximate surface area is 169 Å². The molecule has 0 saturated heterocycles. The van der Waals surface area contributed by atoms with Crippen LogP contribution >= 0.6 is 0 Å². The lowest BCUT2D eigenvalue weighted by molar-refractivity contribution is 0.251. The summed E-state index contributed by atoms with van der Waals surface area (Å²) in [6.45, 7) is 4.31. The van der Waals surface area contributed by atoms with E-state index in [0.717, 1.165) is 42.3 Å². The summed E-state index contributed by atoms with van der Waals surface area (Å²) in [5.74, 6) is 0. The van der Waals surface area contributed by atoms with Gasteiger partial charge in [0.15, 0.2) is 0 Å². The molecule has 1 aliphatic rings. The van der Waals surface area contributed by atoms with Crippen molar-refractivity contribution in [3.05, 3.63) is 69.6 Å². The number of aromatic nitrogens is 2. The van der Waals surface area contributed by atoms with E-state index in [1.54, 1.807) is 4.68 Å². The molecule has 150 valence electrons. The summed E-state index contributed by atoms with van der Waals surface area (Å²) in [6, 6.07) is 13.2. The molecule has 0 atom stereocenters. The Morgan fingerprint density at radius 3 is 2.52 bits per heavy atom. The fraction of sp³-hybridized carbons (Fsp3) is 0.348. The largest absolute Gasteiger partial charge is 0.332 e. The summed E-state index contributed by atoms with van der Waals surface area (Å²) in [4.78, 5) is 25.3. The number of hydrogen-bond donors (Lipinski definition) is 2. The highest BCUT2D eigenvalue weighted by Gasteiger charge is 2.21. The van der Waals surface area contributed by atoms with E-state index in [1.807, 2.05) is 56.3 Å². The van der Waals surface area contributed by atoms with Crippen LogP contribution in [0.1, 0.15) is 48.5 Å². The average molecular weight is 390 g/mol. The molecule has 2 amide bonds. The van der Waals surface area contributed by atoms with Gasteiger partial charge in [-0.1, -0.05) is 37.1 Å². The number of carbonyl (C=O) groups excluding carboxylic acids is 1. The van der Waals surface area contributed by atoms with Gasteiger partial charge in [0.1, 0.15) is 0 Å². The summed E-state index contributed by atoms with van der Waals surface area (Å²) in [5, 5.41) is 11.8. The van der Waals surface area contributed by atoms with Gasteiger partial charge in [-0.05, 0) is 56.0 Å². The second-order valence-corrected chi connectivity index (χ2v) is 7.79. The SMILES string of the molecule is Cc1ccc(NC(=O)NCc2nn(C3CCCC3)c(=O)c3ccccc23)cc1C. The van der Waals surface area contributed by atoms with E-state index in [-0.39, 0.29) is 24.2 Å². The molecule has 1 aromatic heterocycles. The number of aryl methyl sites for hydroxylation is 2. The number of anilines is 1. The third-order valence-corrected chi connectivity index (χ3v) is 5.76. The van der Waals surface area contributed by atoms with Crippen LogP contribution in [0, 0.1) is 13.8 Å². The summed E-state index contributed by atoms with van der Waals surface area (Å²) in [7, 11) is 0. The standard InChI is InChI=1S/C23H26N4O2/c1-15-11-12-17(13-16(15)2)25-23(29)24-14-21-19-9-5-6-10-20(19)22(28)27(26-21)18-7-3-4-8-18/h5-6,9-13,18H,3-4,7-8,14H2,1-2H3,(H2,24,25,29). The molecule has 1 heterocycles. The maximum atomic E-state index is 12.9. The van der Waals surface area contributed by atoms with Crippen molar-refractivity contribution < 1.29 is 4.79 Å². The van der Waals surface area contributed by atoms with Gasteiger partial charge >= 0.3 is 6.03 Å². The molecular weight excluding hydrogens is 364 g/mol. The van der Waals surface area contributed by atoms with Crippen LogP contribution in [0.4, 0.5) is 10.5 Å². The Balaban J connectivity index is 1.56. The lowest BCUT2D eigenvalue weighted by atomic mass is 10.1. The maximum absolute atomic E-state index is 12.9. The second-order valence-electron chi connectivity index (χ2n) is 7.79. The predicted octanol–water partition coefficient (Wildman–Crippen LogP) is 4.45. The summed E-state index contributed by atoms with van der Waals surface area (Å²) in [6.07, 6.45) is 4.20. The Kier molecular flexibility index (Phi) is 5.34. The van der Waals surface area contributed by atoms with Crippen molar-refractivity contribution in [2.45, 2.75) is 52.1 Å². The molecule has 1 fully saturated rings. The lowest BCUT2D eigenvalue weighted by Crippen LogP contribution is -2.32. The monoisotopic (exact) mass is 390 g/mol. The average Bonchev–Trinajstić information content (AvgIpc) is 3.25. The van der Waals surface area contributed by atoms with Gasteiger partial charge < -0.3 is 10.6 Å². The fourth-order valence-electron chi connectivity index (χ4n) is 3.96. The van der Waals surface area contributed by atoms with Crippen molar-refractivity contribution in [3.63, 3.8) is 0 Å². The van der Waals surface area contributed by atoms with Crippen LogP contribution in [-0.2, 0) is 6.54 Å². The first-order chi connectivity index (χ1) is 14.0.